The van der Waals surface area contributed by atoms with Gasteiger partial charge >= 0.3 is 5.97 Å². The molecule has 0 bridgehead atoms. The molecule has 1 aliphatic heterocycles. The van der Waals surface area contributed by atoms with Crippen molar-refractivity contribution in [2.24, 2.45) is 11.0 Å². The van der Waals surface area contributed by atoms with Crippen LogP contribution in [0.5, 0.6) is 5.75 Å². The number of hydrazone groups is 1. The molecule has 2 unspecified atom stereocenters. The van der Waals surface area contributed by atoms with Crippen LogP contribution < -0.4 is 0 Å². The zero-order chi connectivity index (χ0) is 23.7. The highest BCUT2D eigenvalue weighted by atomic mass is 79.9. The summed E-state index contributed by atoms with van der Waals surface area (Å²) in [5.41, 5.74) is 1.79. The van der Waals surface area contributed by atoms with Crippen LogP contribution in [0.15, 0.2) is 79.0 Å². The number of amides is 1. The number of halogens is 1. The van der Waals surface area contributed by atoms with Gasteiger partial charge in [-0.25, -0.2) is 9.80 Å². The van der Waals surface area contributed by atoms with Crippen LogP contribution in [0.4, 0.5) is 0 Å². The number of furan rings is 2. The molecule has 8 nitrogen and oxygen atoms in total. The summed E-state index contributed by atoms with van der Waals surface area (Å²) in [4.78, 5) is 25.7. The van der Waals surface area contributed by atoms with E-state index in [4.69, 9.17) is 13.6 Å². The number of carbonyl (C=O) groups excluding carboxylic acids is 2. The third-order valence-electron chi connectivity index (χ3n) is 5.96. The van der Waals surface area contributed by atoms with Gasteiger partial charge in [0.1, 0.15) is 28.9 Å². The first-order valence-electron chi connectivity index (χ1n) is 10.9. The number of hydrogen-bond acceptors (Lipinski definition) is 7. The van der Waals surface area contributed by atoms with Gasteiger partial charge in [-0.1, -0.05) is 15.9 Å². The van der Waals surface area contributed by atoms with Crippen molar-refractivity contribution >= 4 is 39.6 Å². The van der Waals surface area contributed by atoms with Crippen LogP contribution in [0.1, 0.15) is 47.2 Å². The largest absolute Gasteiger partial charge is 0.507 e. The Kier molecular flexibility index (Phi) is 6.10. The summed E-state index contributed by atoms with van der Waals surface area (Å²) in [6.45, 7) is -0.525. The number of fused-ring (bicyclic) bond motifs is 1. The van der Waals surface area contributed by atoms with Crippen LogP contribution in [-0.4, -0.2) is 34.3 Å². The summed E-state index contributed by atoms with van der Waals surface area (Å²) < 4.78 is 17.0. The lowest BCUT2D eigenvalue weighted by Crippen LogP contribution is -2.34. The third-order valence-corrected chi connectivity index (χ3v) is 6.45. The SMILES string of the molecule is O=C(OCC(=O)N1N=C2C(=Cc3ccco3)CCCC2C1c1ccco1)c1cc(Br)ccc1O. The van der Waals surface area contributed by atoms with Crippen LogP contribution in [0.3, 0.4) is 0 Å². The summed E-state index contributed by atoms with van der Waals surface area (Å²) in [6.07, 6.45) is 7.73. The third kappa shape index (κ3) is 4.31. The molecule has 1 fully saturated rings. The fourth-order valence-electron chi connectivity index (χ4n) is 4.43. The summed E-state index contributed by atoms with van der Waals surface area (Å²) >= 11 is 3.26. The second-order valence-electron chi connectivity index (χ2n) is 8.11. The Morgan fingerprint density at radius 3 is 2.79 bits per heavy atom. The van der Waals surface area contributed by atoms with Gasteiger partial charge in [0.2, 0.25) is 0 Å². The van der Waals surface area contributed by atoms with E-state index in [1.54, 1.807) is 24.7 Å². The molecule has 0 radical (unpaired) electrons. The van der Waals surface area contributed by atoms with Crippen molar-refractivity contribution in [1.82, 2.24) is 5.01 Å². The van der Waals surface area contributed by atoms with Gasteiger partial charge in [-0.05, 0) is 73.4 Å². The number of nitrogens with zero attached hydrogens (tertiary/aromatic N) is 2. The number of allylic oxidation sites excluding steroid dienone is 1. The number of hydrogen-bond donors (Lipinski definition) is 1. The number of esters is 1. The van der Waals surface area contributed by atoms with Gasteiger partial charge in [-0.2, -0.15) is 5.10 Å². The molecule has 3 heterocycles. The van der Waals surface area contributed by atoms with Gasteiger partial charge in [0.05, 0.1) is 18.2 Å². The summed E-state index contributed by atoms with van der Waals surface area (Å²) in [7, 11) is 0. The van der Waals surface area contributed by atoms with Crippen LogP contribution in [-0.2, 0) is 9.53 Å². The van der Waals surface area contributed by atoms with Crippen molar-refractivity contribution < 1.29 is 28.3 Å². The van der Waals surface area contributed by atoms with Crippen molar-refractivity contribution in [1.29, 1.82) is 0 Å². The second kappa shape index (κ2) is 9.34. The lowest BCUT2D eigenvalue weighted by Gasteiger charge is -2.27. The summed E-state index contributed by atoms with van der Waals surface area (Å²) in [5, 5.41) is 16.0. The second-order valence-corrected chi connectivity index (χ2v) is 9.02. The average molecular weight is 525 g/mol. The smallest absolute Gasteiger partial charge is 0.342 e. The van der Waals surface area contributed by atoms with Crippen molar-refractivity contribution in [3.8, 4) is 5.75 Å². The molecule has 0 saturated heterocycles. The summed E-state index contributed by atoms with van der Waals surface area (Å²) in [5.74, 6) is -0.218. The van der Waals surface area contributed by atoms with Crippen molar-refractivity contribution in [3.05, 3.63) is 82.1 Å². The first kappa shape index (κ1) is 22.2. The van der Waals surface area contributed by atoms with E-state index in [0.29, 0.717) is 10.2 Å². The van der Waals surface area contributed by atoms with E-state index < -0.39 is 24.5 Å². The van der Waals surface area contributed by atoms with Crippen LogP contribution in [0, 0.1) is 5.92 Å². The predicted molar refractivity (Wildman–Crippen MR) is 126 cm³/mol. The Morgan fingerprint density at radius 2 is 2.03 bits per heavy atom. The molecular weight excluding hydrogens is 504 g/mol. The maximum Gasteiger partial charge on any atom is 0.342 e. The van der Waals surface area contributed by atoms with Gasteiger partial charge < -0.3 is 18.7 Å². The highest BCUT2D eigenvalue weighted by Gasteiger charge is 2.45. The highest BCUT2D eigenvalue weighted by molar-refractivity contribution is 9.10. The first-order chi connectivity index (χ1) is 16.5. The molecule has 1 aromatic carbocycles. The van der Waals surface area contributed by atoms with Gasteiger partial charge in [0, 0.05) is 10.4 Å². The van der Waals surface area contributed by atoms with Crippen LogP contribution in [0.25, 0.3) is 6.08 Å². The predicted octanol–water partition coefficient (Wildman–Crippen LogP) is 5.32. The molecule has 174 valence electrons. The number of ether oxygens (including phenoxy) is 1. The topological polar surface area (TPSA) is 105 Å². The normalized spacial score (nSPS) is 20.8. The Balaban J connectivity index is 1.40. The molecule has 2 aromatic heterocycles. The summed E-state index contributed by atoms with van der Waals surface area (Å²) in [6, 6.07) is 11.3. The molecule has 2 atom stereocenters. The monoisotopic (exact) mass is 524 g/mol. The van der Waals surface area contributed by atoms with Crippen LogP contribution >= 0.6 is 15.9 Å². The Morgan fingerprint density at radius 1 is 1.21 bits per heavy atom. The van der Waals surface area contributed by atoms with Crippen molar-refractivity contribution in [2.75, 3.05) is 6.61 Å². The minimum Gasteiger partial charge on any atom is -0.507 e. The quantitative estimate of drug-likeness (QED) is 0.452. The fraction of sp³-hybridized carbons (Fsp3) is 0.240. The average Bonchev–Trinajstić information content (AvgIpc) is 3.59. The lowest BCUT2D eigenvalue weighted by molar-refractivity contribution is -0.137. The highest BCUT2D eigenvalue weighted by Crippen LogP contribution is 2.44. The molecule has 1 saturated carbocycles. The maximum atomic E-state index is 13.2. The Hall–Kier alpha value is -3.59. The number of phenols is 1. The molecule has 1 N–H and O–H groups in total. The van der Waals surface area contributed by atoms with E-state index in [1.165, 1.54) is 17.1 Å². The zero-order valence-electron chi connectivity index (χ0n) is 18.0. The molecule has 5 rings (SSSR count). The van der Waals surface area contributed by atoms with E-state index in [1.807, 2.05) is 24.3 Å². The number of phenolic OH excluding ortho intramolecular Hbond substituents is 1. The van der Waals surface area contributed by atoms with Gasteiger partial charge in [0.15, 0.2) is 6.61 Å². The Labute approximate surface area is 203 Å². The lowest BCUT2D eigenvalue weighted by atomic mass is 9.79. The minimum atomic E-state index is -0.802. The molecule has 0 spiro atoms. The number of rotatable bonds is 5. The number of benzene rings is 1. The van der Waals surface area contributed by atoms with E-state index in [-0.39, 0.29) is 17.2 Å². The number of carbonyl (C=O) groups is 2. The molecule has 34 heavy (non-hydrogen) atoms. The molecule has 2 aliphatic rings. The van der Waals surface area contributed by atoms with Crippen LogP contribution in [0.2, 0.25) is 0 Å². The van der Waals surface area contributed by atoms with E-state index in [2.05, 4.69) is 21.0 Å². The van der Waals surface area contributed by atoms with Crippen molar-refractivity contribution in [3.63, 3.8) is 0 Å². The minimum absolute atomic E-state index is 0.0326. The molecule has 9 heteroatoms. The van der Waals surface area contributed by atoms with Gasteiger partial charge in [-0.3, -0.25) is 4.79 Å². The zero-order valence-corrected chi connectivity index (χ0v) is 19.6. The van der Waals surface area contributed by atoms with Gasteiger partial charge in [-0.15, -0.1) is 0 Å². The fourth-order valence-corrected chi connectivity index (χ4v) is 4.79. The molecule has 1 amide bonds. The standard InChI is InChI=1S/C25H21BrN2O6/c26-16-8-9-20(29)19(13-16)25(31)34-14-22(30)28-24(21-7-3-11-33-21)18-6-1-4-15(23(18)27-28)12-17-5-2-10-32-17/h2-3,5,7-13,18,24,29H,1,4,6,14H2. The van der Waals surface area contributed by atoms with E-state index in [9.17, 15) is 14.7 Å². The number of aromatic hydroxyl groups is 1. The molecule has 3 aromatic rings. The van der Waals surface area contributed by atoms with E-state index >= 15 is 0 Å². The van der Waals surface area contributed by atoms with Gasteiger partial charge in [0.25, 0.3) is 5.91 Å². The molecule has 1 aliphatic carbocycles. The Bertz CT molecular complexity index is 1260. The van der Waals surface area contributed by atoms with Crippen molar-refractivity contribution in [2.45, 2.75) is 25.3 Å². The molecular formula is C25H21BrN2O6. The van der Waals surface area contributed by atoms with E-state index in [0.717, 1.165) is 36.3 Å². The first-order valence-corrected chi connectivity index (χ1v) is 11.6. The maximum absolute atomic E-state index is 13.2.